The molecular weight excluding hydrogens is 402 g/mol. The molecule has 0 aliphatic carbocycles. The van der Waals surface area contributed by atoms with E-state index in [0.717, 1.165) is 0 Å². The molecule has 1 aromatic heterocycles. The lowest BCUT2D eigenvalue weighted by Gasteiger charge is -2.13. The van der Waals surface area contributed by atoms with E-state index in [1.807, 2.05) is 4.57 Å². The zero-order valence-electron chi connectivity index (χ0n) is 16.1. The van der Waals surface area contributed by atoms with E-state index in [2.05, 4.69) is 29.4 Å². The van der Waals surface area contributed by atoms with Gasteiger partial charge in [0, 0.05) is 24.4 Å². The Hall–Kier alpha value is -2.26. The summed E-state index contributed by atoms with van der Waals surface area (Å²) in [5, 5.41) is 12.2. The first-order chi connectivity index (χ1) is 13.3. The van der Waals surface area contributed by atoms with Crippen LogP contribution in [-0.4, -0.2) is 39.4 Å². The fourth-order valence-electron chi connectivity index (χ4n) is 2.49. The summed E-state index contributed by atoms with van der Waals surface area (Å²) >= 11 is 7.26. The second-order valence-electron chi connectivity index (χ2n) is 6.55. The third-order valence-electron chi connectivity index (χ3n) is 3.70. The van der Waals surface area contributed by atoms with Gasteiger partial charge in [-0.05, 0) is 24.1 Å². The number of methoxy groups -OCH3 is 1. The number of nitrogens with two attached hydrogens (primary N) is 1. The maximum Gasteiger partial charge on any atom is 0.234 e. The van der Waals surface area contributed by atoms with Gasteiger partial charge < -0.3 is 20.4 Å². The van der Waals surface area contributed by atoms with Gasteiger partial charge in [0.2, 0.25) is 11.8 Å². The molecule has 1 aromatic carbocycles. The van der Waals surface area contributed by atoms with E-state index in [-0.39, 0.29) is 24.0 Å². The molecule has 10 heteroatoms. The van der Waals surface area contributed by atoms with Crippen LogP contribution >= 0.6 is 23.4 Å². The summed E-state index contributed by atoms with van der Waals surface area (Å²) < 4.78 is 7.17. The molecular formula is C18H24ClN5O3S. The summed E-state index contributed by atoms with van der Waals surface area (Å²) in [5.41, 5.74) is 5.74. The second kappa shape index (κ2) is 10.3. The van der Waals surface area contributed by atoms with Gasteiger partial charge >= 0.3 is 0 Å². The van der Waals surface area contributed by atoms with Crippen molar-refractivity contribution in [2.75, 3.05) is 18.2 Å². The number of nitrogens with one attached hydrogen (secondary N) is 1. The summed E-state index contributed by atoms with van der Waals surface area (Å²) in [6.07, 6.45) is 0.622. The van der Waals surface area contributed by atoms with Crippen molar-refractivity contribution >= 4 is 40.9 Å². The molecule has 2 amide bonds. The van der Waals surface area contributed by atoms with Crippen molar-refractivity contribution in [1.82, 2.24) is 14.8 Å². The lowest BCUT2D eigenvalue weighted by molar-refractivity contribution is -0.118. The Bertz CT molecular complexity index is 841. The highest BCUT2D eigenvalue weighted by atomic mass is 35.5. The monoisotopic (exact) mass is 425 g/mol. The van der Waals surface area contributed by atoms with E-state index in [0.29, 0.717) is 46.3 Å². The van der Waals surface area contributed by atoms with E-state index in [1.54, 1.807) is 18.2 Å². The summed E-state index contributed by atoms with van der Waals surface area (Å²) in [6, 6.07) is 5.01. The van der Waals surface area contributed by atoms with Crippen LogP contribution in [0.1, 0.15) is 26.1 Å². The lowest BCUT2D eigenvalue weighted by Crippen LogP contribution is -2.17. The number of halogens is 1. The molecule has 2 rings (SSSR count). The van der Waals surface area contributed by atoms with Crippen molar-refractivity contribution in [3.63, 3.8) is 0 Å². The SMILES string of the molecule is COc1ccc(Cl)cc1NC(=O)CSc1nnc(CCC(N)=O)n1CC(C)C. The van der Waals surface area contributed by atoms with Gasteiger partial charge in [-0.15, -0.1) is 10.2 Å². The van der Waals surface area contributed by atoms with Gasteiger partial charge in [-0.2, -0.15) is 0 Å². The van der Waals surface area contributed by atoms with Gasteiger partial charge in [-0.3, -0.25) is 9.59 Å². The van der Waals surface area contributed by atoms with Crippen molar-refractivity contribution in [2.45, 2.75) is 38.4 Å². The third-order valence-corrected chi connectivity index (χ3v) is 4.91. The first-order valence-corrected chi connectivity index (χ1v) is 10.1. The molecule has 0 spiro atoms. The highest BCUT2D eigenvalue weighted by molar-refractivity contribution is 7.99. The number of ether oxygens (including phenoxy) is 1. The van der Waals surface area contributed by atoms with Crippen LogP contribution in [-0.2, 0) is 22.6 Å². The number of nitrogens with zero attached hydrogens (tertiary/aromatic N) is 3. The lowest BCUT2D eigenvalue weighted by atomic mass is 10.2. The van der Waals surface area contributed by atoms with E-state index in [4.69, 9.17) is 22.1 Å². The zero-order valence-corrected chi connectivity index (χ0v) is 17.6. The third kappa shape index (κ3) is 6.42. The fourth-order valence-corrected chi connectivity index (χ4v) is 3.43. The first-order valence-electron chi connectivity index (χ1n) is 8.76. The van der Waals surface area contributed by atoms with Crippen LogP contribution in [0.2, 0.25) is 5.02 Å². The summed E-state index contributed by atoms with van der Waals surface area (Å²) in [4.78, 5) is 23.4. The Balaban J connectivity index is 2.05. The number of anilines is 1. The molecule has 152 valence electrons. The van der Waals surface area contributed by atoms with Gasteiger partial charge in [0.1, 0.15) is 11.6 Å². The largest absolute Gasteiger partial charge is 0.495 e. The Morgan fingerprint density at radius 2 is 2.11 bits per heavy atom. The topological polar surface area (TPSA) is 112 Å². The molecule has 0 bridgehead atoms. The summed E-state index contributed by atoms with van der Waals surface area (Å²) in [5.74, 6) is 1.10. The number of hydrogen-bond donors (Lipinski definition) is 2. The smallest absolute Gasteiger partial charge is 0.234 e. The van der Waals surface area contributed by atoms with Gasteiger partial charge in [0.25, 0.3) is 0 Å². The van der Waals surface area contributed by atoms with Crippen LogP contribution in [0.4, 0.5) is 5.69 Å². The number of aryl methyl sites for hydroxylation is 1. The zero-order chi connectivity index (χ0) is 20.7. The van der Waals surface area contributed by atoms with Crippen molar-refractivity contribution < 1.29 is 14.3 Å². The van der Waals surface area contributed by atoms with Crippen molar-refractivity contribution in [2.24, 2.45) is 11.7 Å². The maximum absolute atomic E-state index is 12.4. The minimum Gasteiger partial charge on any atom is -0.495 e. The van der Waals surface area contributed by atoms with Gasteiger partial charge in [-0.1, -0.05) is 37.2 Å². The van der Waals surface area contributed by atoms with Gasteiger partial charge in [-0.25, -0.2) is 0 Å². The van der Waals surface area contributed by atoms with E-state index in [1.165, 1.54) is 18.9 Å². The molecule has 2 aromatic rings. The molecule has 0 fully saturated rings. The van der Waals surface area contributed by atoms with Crippen molar-refractivity contribution in [1.29, 1.82) is 0 Å². The van der Waals surface area contributed by atoms with Crippen LogP contribution in [0.15, 0.2) is 23.4 Å². The molecule has 1 heterocycles. The molecule has 0 saturated carbocycles. The van der Waals surface area contributed by atoms with E-state index >= 15 is 0 Å². The average Bonchev–Trinajstić information content (AvgIpc) is 2.99. The predicted molar refractivity (Wildman–Crippen MR) is 110 cm³/mol. The molecule has 0 unspecified atom stereocenters. The average molecular weight is 426 g/mol. The quantitative estimate of drug-likeness (QED) is 0.566. The minimum absolute atomic E-state index is 0.141. The number of amides is 2. The molecule has 0 atom stereocenters. The number of hydrogen-bond acceptors (Lipinski definition) is 6. The van der Waals surface area contributed by atoms with Crippen LogP contribution < -0.4 is 15.8 Å². The summed E-state index contributed by atoms with van der Waals surface area (Å²) in [7, 11) is 1.52. The number of rotatable bonds is 10. The highest BCUT2D eigenvalue weighted by Crippen LogP contribution is 2.28. The fraction of sp³-hybridized carbons (Fsp3) is 0.444. The van der Waals surface area contributed by atoms with Crippen LogP contribution in [0.25, 0.3) is 0 Å². The molecule has 0 aliphatic heterocycles. The Labute approximate surface area is 173 Å². The highest BCUT2D eigenvalue weighted by Gasteiger charge is 2.16. The van der Waals surface area contributed by atoms with E-state index < -0.39 is 0 Å². The molecule has 28 heavy (non-hydrogen) atoms. The molecule has 0 saturated heterocycles. The van der Waals surface area contributed by atoms with E-state index in [9.17, 15) is 9.59 Å². The second-order valence-corrected chi connectivity index (χ2v) is 7.93. The number of thioether (sulfide) groups is 1. The molecule has 0 aliphatic rings. The standard InChI is InChI=1S/C18H24ClN5O3S/c1-11(2)9-24-16(7-6-15(20)25)22-23-18(24)28-10-17(26)21-13-8-12(19)4-5-14(13)27-3/h4-5,8,11H,6-7,9-10H2,1-3H3,(H2,20,25)(H,21,26). The molecule has 0 radical (unpaired) electrons. The normalized spacial score (nSPS) is 10.9. The number of benzene rings is 1. The van der Waals surface area contributed by atoms with Crippen LogP contribution in [0, 0.1) is 5.92 Å². The maximum atomic E-state index is 12.4. The number of carbonyl (C=O) groups excluding carboxylic acids is 2. The molecule has 3 N–H and O–H groups in total. The number of aromatic nitrogens is 3. The Morgan fingerprint density at radius 1 is 1.36 bits per heavy atom. The van der Waals surface area contributed by atoms with Crippen LogP contribution in [0.3, 0.4) is 0 Å². The summed E-state index contributed by atoms with van der Waals surface area (Å²) in [6.45, 7) is 4.84. The minimum atomic E-state index is -0.386. The van der Waals surface area contributed by atoms with Gasteiger partial charge in [0.05, 0.1) is 18.6 Å². The Kier molecular flexibility index (Phi) is 8.13. The van der Waals surface area contributed by atoms with Crippen molar-refractivity contribution in [3.05, 3.63) is 29.0 Å². The Morgan fingerprint density at radius 3 is 2.75 bits per heavy atom. The number of primary amides is 1. The van der Waals surface area contributed by atoms with Crippen molar-refractivity contribution in [3.8, 4) is 5.75 Å². The number of carbonyl (C=O) groups is 2. The predicted octanol–water partition coefficient (Wildman–Crippen LogP) is 2.74. The van der Waals surface area contributed by atoms with Crippen LogP contribution in [0.5, 0.6) is 5.75 Å². The van der Waals surface area contributed by atoms with Gasteiger partial charge in [0.15, 0.2) is 5.16 Å². The first kappa shape index (κ1) is 22.0. The molecule has 8 nitrogen and oxygen atoms in total.